The lowest BCUT2D eigenvalue weighted by atomic mass is 9.81. The fourth-order valence-corrected chi connectivity index (χ4v) is 4.43. The summed E-state index contributed by atoms with van der Waals surface area (Å²) in [5.41, 5.74) is -0.891. The van der Waals surface area contributed by atoms with Crippen molar-refractivity contribution in [2.45, 2.75) is 63.3 Å². The first-order chi connectivity index (χ1) is 13.0. The van der Waals surface area contributed by atoms with Crippen LogP contribution in [-0.4, -0.2) is 47.3 Å². The molecule has 8 nitrogen and oxygen atoms in total. The fourth-order valence-electron chi connectivity index (χ4n) is 4.43. The Morgan fingerprint density at radius 2 is 1.67 bits per heavy atom. The number of rotatable bonds is 5. The van der Waals surface area contributed by atoms with E-state index in [-0.39, 0.29) is 23.7 Å². The molecule has 3 rings (SSSR count). The van der Waals surface area contributed by atoms with Crippen molar-refractivity contribution in [2.24, 2.45) is 11.8 Å². The third-order valence-corrected chi connectivity index (χ3v) is 5.88. The lowest BCUT2D eigenvalue weighted by molar-refractivity contribution is -0.155. The molecule has 0 radical (unpaired) electrons. The zero-order valence-corrected chi connectivity index (χ0v) is 15.4. The highest BCUT2D eigenvalue weighted by Gasteiger charge is 2.48. The third kappa shape index (κ3) is 4.12. The first-order valence-corrected chi connectivity index (χ1v) is 9.69. The minimum Gasteiger partial charge on any atom is -0.454 e. The molecule has 8 heteroatoms. The lowest BCUT2D eigenvalue weighted by Gasteiger charge is -2.31. The minimum atomic E-state index is -0.891. The number of hydrogen-bond donors (Lipinski definition) is 1. The maximum atomic E-state index is 12.3. The number of imide groups is 1. The van der Waals surface area contributed by atoms with E-state index in [0.717, 1.165) is 37.0 Å². The number of carbonyl (C=O) groups excluding carboxylic acids is 4. The molecule has 2 saturated carbocycles. The Morgan fingerprint density at radius 1 is 1.07 bits per heavy atom. The van der Waals surface area contributed by atoms with Crippen LogP contribution in [0.2, 0.25) is 0 Å². The van der Waals surface area contributed by atoms with Crippen LogP contribution in [0.4, 0.5) is 0 Å². The van der Waals surface area contributed by atoms with Crippen molar-refractivity contribution in [2.75, 3.05) is 13.2 Å². The number of likely N-dealkylation sites (tertiary alicyclic amines) is 1. The van der Waals surface area contributed by atoms with E-state index < -0.39 is 30.6 Å². The Bertz CT molecular complexity index is 653. The number of nitrogens with one attached hydrogen (secondary N) is 1. The molecule has 3 fully saturated rings. The molecule has 0 bridgehead atoms. The topological polar surface area (TPSA) is 117 Å². The van der Waals surface area contributed by atoms with Crippen LogP contribution in [0.15, 0.2) is 0 Å². The largest absolute Gasteiger partial charge is 0.454 e. The number of amides is 3. The number of ether oxygens (including phenoxy) is 1. The van der Waals surface area contributed by atoms with Crippen LogP contribution < -0.4 is 5.32 Å². The Labute approximate surface area is 158 Å². The summed E-state index contributed by atoms with van der Waals surface area (Å²) in [7, 11) is 0. The number of nitriles is 1. The van der Waals surface area contributed by atoms with Gasteiger partial charge in [-0.15, -0.1) is 0 Å². The van der Waals surface area contributed by atoms with Crippen molar-refractivity contribution in [3.63, 3.8) is 0 Å². The molecule has 146 valence electrons. The number of fused-ring (bicyclic) bond motifs is 1. The molecule has 3 amide bonds. The molecule has 27 heavy (non-hydrogen) atoms. The summed E-state index contributed by atoms with van der Waals surface area (Å²) in [4.78, 5) is 49.8. The summed E-state index contributed by atoms with van der Waals surface area (Å²) in [6, 6.07) is 2.16. The van der Waals surface area contributed by atoms with Crippen LogP contribution in [0.3, 0.4) is 0 Å². The summed E-state index contributed by atoms with van der Waals surface area (Å²) >= 11 is 0. The molecule has 0 aromatic heterocycles. The predicted molar refractivity (Wildman–Crippen MR) is 92.7 cm³/mol. The van der Waals surface area contributed by atoms with Gasteiger partial charge in [0.2, 0.25) is 11.8 Å². The molecule has 1 heterocycles. The molecule has 2 atom stereocenters. The summed E-state index contributed by atoms with van der Waals surface area (Å²) in [5, 5.41) is 12.0. The normalized spacial score (nSPS) is 26.9. The van der Waals surface area contributed by atoms with Gasteiger partial charge in [-0.05, 0) is 25.7 Å². The number of nitrogens with zero attached hydrogens (tertiary/aromatic N) is 2. The Hall–Kier alpha value is -2.43. The molecule has 0 aromatic rings. The van der Waals surface area contributed by atoms with Crippen LogP contribution in [0, 0.1) is 23.2 Å². The van der Waals surface area contributed by atoms with Gasteiger partial charge in [-0.1, -0.05) is 32.1 Å². The van der Waals surface area contributed by atoms with Crippen molar-refractivity contribution in [3.05, 3.63) is 0 Å². The number of esters is 1. The SMILES string of the molecule is N#CC1(NC(=O)COC(=O)CN2C(=O)[C@H]3CCCC[C@H]3C2=O)CCCCC1. The summed E-state index contributed by atoms with van der Waals surface area (Å²) in [5.74, 6) is -2.58. The Morgan fingerprint density at radius 3 is 2.22 bits per heavy atom. The van der Waals surface area contributed by atoms with Crippen LogP contribution >= 0.6 is 0 Å². The maximum Gasteiger partial charge on any atom is 0.326 e. The monoisotopic (exact) mass is 375 g/mol. The van der Waals surface area contributed by atoms with Gasteiger partial charge in [0.1, 0.15) is 12.1 Å². The zero-order valence-electron chi connectivity index (χ0n) is 15.4. The lowest BCUT2D eigenvalue weighted by Crippen LogP contribution is -2.50. The van der Waals surface area contributed by atoms with Crippen LogP contribution in [0.1, 0.15) is 57.8 Å². The summed E-state index contributed by atoms with van der Waals surface area (Å²) in [6.07, 6.45) is 7.14. The van der Waals surface area contributed by atoms with Crippen LogP contribution in [0.5, 0.6) is 0 Å². The molecule has 1 aliphatic heterocycles. The second-order valence-corrected chi connectivity index (χ2v) is 7.72. The molecule has 0 unspecified atom stereocenters. The van der Waals surface area contributed by atoms with E-state index in [4.69, 9.17) is 4.74 Å². The number of carbonyl (C=O) groups is 4. The number of hydrogen-bond acceptors (Lipinski definition) is 6. The highest BCUT2D eigenvalue weighted by atomic mass is 16.5. The quantitative estimate of drug-likeness (QED) is 0.567. The van der Waals surface area contributed by atoms with E-state index >= 15 is 0 Å². The van der Waals surface area contributed by atoms with E-state index in [9.17, 15) is 24.4 Å². The zero-order chi connectivity index (χ0) is 19.4. The minimum absolute atomic E-state index is 0.309. The first-order valence-electron chi connectivity index (χ1n) is 9.69. The first kappa shape index (κ1) is 19.3. The predicted octanol–water partition coefficient (Wildman–Crippen LogP) is 1.05. The summed E-state index contributed by atoms with van der Waals surface area (Å²) < 4.78 is 4.94. The molecular formula is C19H25N3O5. The fraction of sp³-hybridized carbons (Fsp3) is 0.737. The van der Waals surface area contributed by atoms with E-state index in [1.165, 1.54) is 0 Å². The van der Waals surface area contributed by atoms with Gasteiger partial charge in [-0.25, -0.2) is 0 Å². The van der Waals surface area contributed by atoms with Crippen molar-refractivity contribution in [1.82, 2.24) is 10.2 Å². The molecule has 1 N–H and O–H groups in total. The van der Waals surface area contributed by atoms with E-state index in [1.54, 1.807) is 0 Å². The Balaban J connectivity index is 1.48. The van der Waals surface area contributed by atoms with E-state index in [0.29, 0.717) is 25.7 Å². The van der Waals surface area contributed by atoms with E-state index in [1.807, 2.05) is 0 Å². The van der Waals surface area contributed by atoms with Crippen LogP contribution in [0.25, 0.3) is 0 Å². The highest BCUT2D eigenvalue weighted by molar-refractivity contribution is 6.07. The van der Waals surface area contributed by atoms with Crippen molar-refractivity contribution in [3.8, 4) is 6.07 Å². The van der Waals surface area contributed by atoms with Gasteiger partial charge in [-0.3, -0.25) is 24.1 Å². The highest BCUT2D eigenvalue weighted by Crippen LogP contribution is 2.37. The average molecular weight is 375 g/mol. The van der Waals surface area contributed by atoms with Gasteiger partial charge >= 0.3 is 5.97 Å². The maximum absolute atomic E-state index is 12.3. The second kappa shape index (κ2) is 8.07. The smallest absolute Gasteiger partial charge is 0.326 e. The molecular weight excluding hydrogens is 350 g/mol. The van der Waals surface area contributed by atoms with Gasteiger partial charge in [0.25, 0.3) is 5.91 Å². The molecule has 3 aliphatic rings. The molecule has 2 aliphatic carbocycles. The van der Waals surface area contributed by atoms with Crippen molar-refractivity contribution >= 4 is 23.7 Å². The molecule has 0 aromatic carbocycles. The molecule has 0 spiro atoms. The van der Waals surface area contributed by atoms with Crippen molar-refractivity contribution < 1.29 is 23.9 Å². The van der Waals surface area contributed by atoms with Gasteiger partial charge in [0.15, 0.2) is 6.61 Å². The molecule has 1 saturated heterocycles. The van der Waals surface area contributed by atoms with Gasteiger partial charge in [-0.2, -0.15) is 5.26 Å². The summed E-state index contributed by atoms with van der Waals surface area (Å²) in [6.45, 7) is -0.979. The van der Waals surface area contributed by atoms with Gasteiger partial charge in [0, 0.05) is 0 Å². The van der Waals surface area contributed by atoms with E-state index in [2.05, 4.69) is 11.4 Å². The average Bonchev–Trinajstić information content (AvgIpc) is 2.92. The standard InChI is InChI=1S/C19H25N3O5/c20-12-19(8-4-1-5-9-19)21-15(23)11-27-16(24)10-22-17(25)13-6-2-3-7-14(13)18(22)26/h13-14H,1-11H2,(H,21,23)/t13-,14+. The third-order valence-electron chi connectivity index (χ3n) is 5.88. The van der Waals surface area contributed by atoms with Crippen LogP contribution in [-0.2, 0) is 23.9 Å². The van der Waals surface area contributed by atoms with Gasteiger partial charge < -0.3 is 10.1 Å². The second-order valence-electron chi connectivity index (χ2n) is 7.72. The Kier molecular flexibility index (Phi) is 5.78. The van der Waals surface area contributed by atoms with Gasteiger partial charge in [0.05, 0.1) is 17.9 Å². The van der Waals surface area contributed by atoms with Crippen molar-refractivity contribution in [1.29, 1.82) is 5.26 Å².